The van der Waals surface area contributed by atoms with Crippen molar-refractivity contribution in [3.63, 3.8) is 0 Å². The van der Waals surface area contributed by atoms with E-state index in [0.717, 1.165) is 5.56 Å². The zero-order valence-corrected chi connectivity index (χ0v) is 17.1. The van der Waals surface area contributed by atoms with Crippen LogP contribution in [0.15, 0.2) is 78.0 Å². The zero-order valence-electron chi connectivity index (χ0n) is 16.3. The van der Waals surface area contributed by atoms with Crippen LogP contribution in [0.1, 0.15) is 21.5 Å². The molecule has 0 bridgehead atoms. The number of carbonyl (C=O) groups is 2. The molecular formula is C22H21N3O4S. The summed E-state index contributed by atoms with van der Waals surface area (Å²) >= 11 is 0. The Morgan fingerprint density at radius 2 is 1.87 bits per heavy atom. The lowest BCUT2D eigenvalue weighted by Crippen LogP contribution is -2.38. The third kappa shape index (κ3) is 5.30. The number of nitrogens with one attached hydrogen (secondary N) is 2. The summed E-state index contributed by atoms with van der Waals surface area (Å²) in [5.41, 5.74) is 2.00. The van der Waals surface area contributed by atoms with Crippen molar-refractivity contribution in [2.24, 2.45) is 0 Å². The second-order valence-electron chi connectivity index (χ2n) is 6.73. The maximum Gasteiger partial charge on any atom is 0.261 e. The van der Waals surface area contributed by atoms with Crippen molar-refractivity contribution >= 4 is 27.9 Å². The number of sulfonamides is 1. The van der Waals surface area contributed by atoms with Crippen molar-refractivity contribution in [2.45, 2.75) is 24.3 Å². The van der Waals surface area contributed by atoms with E-state index < -0.39 is 22.0 Å². The lowest BCUT2D eigenvalue weighted by molar-refractivity contribution is -0.109. The first kappa shape index (κ1) is 21.2. The van der Waals surface area contributed by atoms with E-state index in [1.165, 1.54) is 24.5 Å². The molecule has 0 fully saturated rings. The van der Waals surface area contributed by atoms with Crippen molar-refractivity contribution in [1.29, 1.82) is 0 Å². The minimum absolute atomic E-state index is 0.0622. The lowest BCUT2D eigenvalue weighted by Gasteiger charge is -2.15. The van der Waals surface area contributed by atoms with E-state index in [4.69, 9.17) is 0 Å². The Hall–Kier alpha value is -3.52. The van der Waals surface area contributed by atoms with Gasteiger partial charge >= 0.3 is 0 Å². The first-order valence-corrected chi connectivity index (χ1v) is 10.7. The molecule has 1 amide bonds. The van der Waals surface area contributed by atoms with Crippen LogP contribution in [0.3, 0.4) is 0 Å². The summed E-state index contributed by atoms with van der Waals surface area (Å²) in [5, 5.41) is 2.67. The SMILES string of the molecule is Cc1ccc(S(=O)(=O)Nc2cccnc2)cc1C(=O)N[C@H](C=O)Cc1ccccc1. The molecule has 2 aromatic carbocycles. The average Bonchev–Trinajstić information content (AvgIpc) is 2.74. The third-order valence-corrected chi connectivity index (χ3v) is 5.84. The number of aromatic nitrogens is 1. The predicted molar refractivity (Wildman–Crippen MR) is 114 cm³/mol. The van der Waals surface area contributed by atoms with Crippen LogP contribution in [-0.4, -0.2) is 31.6 Å². The number of aryl methyl sites for hydroxylation is 1. The van der Waals surface area contributed by atoms with E-state index in [1.54, 1.807) is 25.1 Å². The Morgan fingerprint density at radius 1 is 1.10 bits per heavy atom. The van der Waals surface area contributed by atoms with Crippen LogP contribution in [0.2, 0.25) is 0 Å². The van der Waals surface area contributed by atoms with E-state index in [0.29, 0.717) is 24.0 Å². The van der Waals surface area contributed by atoms with Gasteiger partial charge in [0, 0.05) is 11.8 Å². The number of anilines is 1. The molecule has 0 radical (unpaired) electrons. The Labute approximate surface area is 175 Å². The molecule has 0 unspecified atom stereocenters. The van der Waals surface area contributed by atoms with Crippen LogP contribution in [0.5, 0.6) is 0 Å². The molecule has 7 nitrogen and oxygen atoms in total. The van der Waals surface area contributed by atoms with Gasteiger partial charge in [0.25, 0.3) is 15.9 Å². The largest absolute Gasteiger partial charge is 0.342 e. The summed E-state index contributed by atoms with van der Waals surface area (Å²) in [4.78, 5) is 28.0. The summed E-state index contributed by atoms with van der Waals surface area (Å²) in [7, 11) is -3.91. The van der Waals surface area contributed by atoms with Crippen molar-refractivity contribution in [3.8, 4) is 0 Å². The van der Waals surface area contributed by atoms with Gasteiger partial charge in [-0.3, -0.25) is 14.5 Å². The molecule has 3 rings (SSSR count). The Morgan fingerprint density at radius 3 is 2.53 bits per heavy atom. The highest BCUT2D eigenvalue weighted by Crippen LogP contribution is 2.19. The second kappa shape index (κ2) is 9.32. The predicted octanol–water partition coefficient (Wildman–Crippen LogP) is 2.73. The second-order valence-corrected chi connectivity index (χ2v) is 8.41. The smallest absolute Gasteiger partial charge is 0.261 e. The highest BCUT2D eigenvalue weighted by molar-refractivity contribution is 7.92. The molecule has 8 heteroatoms. The van der Waals surface area contributed by atoms with Gasteiger partial charge in [0.15, 0.2) is 0 Å². The molecule has 0 spiro atoms. The maximum atomic E-state index is 12.8. The summed E-state index contributed by atoms with van der Waals surface area (Å²) in [6.07, 6.45) is 3.93. The van der Waals surface area contributed by atoms with Gasteiger partial charge in [-0.2, -0.15) is 0 Å². The van der Waals surface area contributed by atoms with Crippen LogP contribution in [-0.2, 0) is 21.2 Å². The van der Waals surface area contributed by atoms with Crippen LogP contribution in [0.4, 0.5) is 5.69 Å². The number of benzene rings is 2. The molecule has 30 heavy (non-hydrogen) atoms. The standard InChI is InChI=1S/C22H21N3O4S/c1-16-9-10-20(30(28,29)25-18-8-5-11-23-14-18)13-21(16)22(27)24-19(15-26)12-17-6-3-2-4-7-17/h2-11,13-15,19,25H,12H2,1H3,(H,24,27)/t19-/m0/s1. The summed E-state index contributed by atoms with van der Waals surface area (Å²) in [5.74, 6) is -0.515. The van der Waals surface area contributed by atoms with Crippen molar-refractivity contribution < 1.29 is 18.0 Å². The van der Waals surface area contributed by atoms with E-state index in [9.17, 15) is 18.0 Å². The molecule has 0 saturated heterocycles. The third-order valence-electron chi connectivity index (χ3n) is 4.46. The Balaban J connectivity index is 1.80. The molecule has 2 N–H and O–H groups in total. The van der Waals surface area contributed by atoms with Crippen LogP contribution >= 0.6 is 0 Å². The van der Waals surface area contributed by atoms with Gasteiger partial charge in [-0.05, 0) is 48.7 Å². The van der Waals surface area contributed by atoms with Crippen LogP contribution in [0.25, 0.3) is 0 Å². The molecule has 0 aliphatic carbocycles. The highest BCUT2D eigenvalue weighted by Gasteiger charge is 2.20. The summed E-state index contributed by atoms with van der Waals surface area (Å²) in [6, 6.07) is 16.0. The van der Waals surface area contributed by atoms with E-state index in [2.05, 4.69) is 15.0 Å². The fourth-order valence-electron chi connectivity index (χ4n) is 2.90. The highest BCUT2D eigenvalue weighted by atomic mass is 32.2. The fraction of sp³-hybridized carbons (Fsp3) is 0.136. The molecule has 3 aromatic rings. The number of pyridine rings is 1. The molecule has 0 aliphatic heterocycles. The summed E-state index contributed by atoms with van der Waals surface area (Å²) < 4.78 is 27.8. The first-order valence-electron chi connectivity index (χ1n) is 9.22. The maximum absolute atomic E-state index is 12.8. The quantitative estimate of drug-likeness (QED) is 0.542. The first-order chi connectivity index (χ1) is 14.4. The van der Waals surface area contributed by atoms with Gasteiger partial charge in [-0.25, -0.2) is 8.42 Å². The number of hydrogen-bond donors (Lipinski definition) is 2. The number of nitrogens with zero attached hydrogens (tertiary/aromatic N) is 1. The minimum Gasteiger partial charge on any atom is -0.342 e. The van der Waals surface area contributed by atoms with Gasteiger partial charge in [0.1, 0.15) is 6.29 Å². The van der Waals surface area contributed by atoms with Gasteiger partial charge in [-0.15, -0.1) is 0 Å². The fourth-order valence-corrected chi connectivity index (χ4v) is 3.97. The molecule has 0 saturated carbocycles. The Bertz CT molecular complexity index is 1130. The molecule has 1 atom stereocenters. The average molecular weight is 423 g/mol. The normalized spacial score (nSPS) is 12.0. The zero-order chi connectivity index (χ0) is 21.6. The van der Waals surface area contributed by atoms with Gasteiger partial charge in [-0.1, -0.05) is 36.4 Å². The molecule has 154 valence electrons. The molecule has 1 heterocycles. The molecule has 0 aliphatic rings. The monoisotopic (exact) mass is 423 g/mol. The van der Waals surface area contributed by atoms with Crippen molar-refractivity contribution in [1.82, 2.24) is 10.3 Å². The van der Waals surface area contributed by atoms with Crippen molar-refractivity contribution in [3.05, 3.63) is 89.7 Å². The van der Waals surface area contributed by atoms with Crippen LogP contribution in [0, 0.1) is 6.92 Å². The van der Waals surface area contributed by atoms with Crippen molar-refractivity contribution in [2.75, 3.05) is 4.72 Å². The number of aldehydes is 1. The van der Waals surface area contributed by atoms with E-state index in [1.807, 2.05) is 30.3 Å². The topological polar surface area (TPSA) is 105 Å². The van der Waals surface area contributed by atoms with E-state index in [-0.39, 0.29) is 10.5 Å². The minimum atomic E-state index is -3.91. The number of carbonyl (C=O) groups excluding carboxylic acids is 2. The molecular weight excluding hydrogens is 402 g/mol. The van der Waals surface area contributed by atoms with E-state index >= 15 is 0 Å². The Kier molecular flexibility index (Phi) is 6.58. The lowest BCUT2D eigenvalue weighted by atomic mass is 10.0. The van der Waals surface area contributed by atoms with Gasteiger partial charge in [0.05, 0.1) is 22.8 Å². The molecule has 1 aromatic heterocycles. The van der Waals surface area contributed by atoms with Gasteiger partial charge in [0.2, 0.25) is 0 Å². The van der Waals surface area contributed by atoms with Crippen LogP contribution < -0.4 is 10.0 Å². The summed E-state index contributed by atoms with van der Waals surface area (Å²) in [6.45, 7) is 1.70. The van der Waals surface area contributed by atoms with Gasteiger partial charge < -0.3 is 10.1 Å². The number of amides is 1. The number of hydrogen-bond acceptors (Lipinski definition) is 5. The number of rotatable bonds is 8.